The summed E-state index contributed by atoms with van der Waals surface area (Å²) in [5, 5.41) is 2.63. The highest BCUT2D eigenvalue weighted by atomic mass is 19.1. The molecular formula is C22H26FN3O4. The number of halogens is 1. The molecule has 1 atom stereocenters. The van der Waals surface area contributed by atoms with Crippen LogP contribution in [-0.2, 0) is 16.1 Å². The second kappa shape index (κ2) is 8.87. The summed E-state index contributed by atoms with van der Waals surface area (Å²) in [6, 6.07) is 8.82. The van der Waals surface area contributed by atoms with Crippen LogP contribution in [0.5, 0.6) is 0 Å². The van der Waals surface area contributed by atoms with Gasteiger partial charge in [0, 0.05) is 6.92 Å². The Labute approximate surface area is 174 Å². The van der Waals surface area contributed by atoms with E-state index in [0.29, 0.717) is 11.3 Å². The van der Waals surface area contributed by atoms with Crippen LogP contribution in [0.4, 0.5) is 14.9 Å². The van der Waals surface area contributed by atoms with Crippen molar-refractivity contribution in [2.45, 2.75) is 38.3 Å². The van der Waals surface area contributed by atoms with Gasteiger partial charge in [0.1, 0.15) is 17.7 Å². The number of benzene rings is 1. The van der Waals surface area contributed by atoms with Crippen LogP contribution in [-0.4, -0.2) is 49.2 Å². The summed E-state index contributed by atoms with van der Waals surface area (Å²) in [6.07, 6.45) is 2.46. The van der Waals surface area contributed by atoms with E-state index in [-0.39, 0.29) is 30.7 Å². The minimum Gasteiger partial charge on any atom is -0.468 e. The molecule has 7 nitrogen and oxygen atoms in total. The van der Waals surface area contributed by atoms with E-state index in [0.717, 1.165) is 38.2 Å². The lowest BCUT2D eigenvalue weighted by Crippen LogP contribution is -2.33. The van der Waals surface area contributed by atoms with Gasteiger partial charge in [0.2, 0.25) is 5.91 Å². The number of cyclic esters (lactones) is 1. The van der Waals surface area contributed by atoms with Gasteiger partial charge in [-0.15, -0.1) is 0 Å². The monoisotopic (exact) mass is 415 g/mol. The lowest BCUT2D eigenvalue weighted by Gasteiger charge is -2.31. The number of furan rings is 1. The highest BCUT2D eigenvalue weighted by molar-refractivity contribution is 5.89. The molecule has 0 aliphatic carbocycles. The number of nitrogens with zero attached hydrogens (tertiary/aromatic N) is 2. The fourth-order valence-corrected chi connectivity index (χ4v) is 4.14. The molecule has 2 aliphatic rings. The minimum absolute atomic E-state index is 0.157. The van der Waals surface area contributed by atoms with E-state index in [1.165, 1.54) is 17.9 Å². The number of likely N-dealkylation sites (tertiary alicyclic amines) is 1. The van der Waals surface area contributed by atoms with E-state index in [9.17, 15) is 14.0 Å². The number of rotatable bonds is 6. The first-order valence-electron chi connectivity index (χ1n) is 10.3. The summed E-state index contributed by atoms with van der Waals surface area (Å²) in [5.41, 5.74) is 1.17. The molecule has 0 spiro atoms. The molecule has 1 N–H and O–H groups in total. The summed E-state index contributed by atoms with van der Waals surface area (Å²) in [6.45, 7) is 4.48. The SMILES string of the molecule is CC(=O)NC[C@H]1CN(c2ccc(C3CCN(Cc4ccco4)CC3)c(F)c2)C(=O)O1. The van der Waals surface area contributed by atoms with Gasteiger partial charge >= 0.3 is 6.09 Å². The Balaban J connectivity index is 1.35. The number of piperidine rings is 1. The van der Waals surface area contributed by atoms with Crippen molar-refractivity contribution in [3.8, 4) is 0 Å². The van der Waals surface area contributed by atoms with Crippen LogP contribution in [0.25, 0.3) is 0 Å². The second-order valence-electron chi connectivity index (χ2n) is 7.89. The van der Waals surface area contributed by atoms with Crippen molar-refractivity contribution in [1.82, 2.24) is 10.2 Å². The number of ether oxygens (including phenoxy) is 1. The highest BCUT2D eigenvalue weighted by Crippen LogP contribution is 2.33. The topological polar surface area (TPSA) is 75.0 Å². The lowest BCUT2D eigenvalue weighted by molar-refractivity contribution is -0.119. The summed E-state index contributed by atoms with van der Waals surface area (Å²) in [7, 11) is 0. The largest absolute Gasteiger partial charge is 0.468 e. The van der Waals surface area contributed by atoms with E-state index >= 15 is 0 Å². The third-order valence-corrected chi connectivity index (χ3v) is 5.74. The van der Waals surface area contributed by atoms with Gasteiger partial charge in [-0.3, -0.25) is 14.6 Å². The Bertz CT molecular complexity index is 894. The molecule has 160 valence electrons. The van der Waals surface area contributed by atoms with Gasteiger partial charge < -0.3 is 14.5 Å². The predicted octanol–water partition coefficient (Wildman–Crippen LogP) is 3.26. The van der Waals surface area contributed by atoms with Gasteiger partial charge in [-0.05, 0) is 61.7 Å². The zero-order valence-electron chi connectivity index (χ0n) is 17.0. The van der Waals surface area contributed by atoms with Crippen molar-refractivity contribution in [3.05, 3.63) is 53.7 Å². The Kier molecular flexibility index (Phi) is 6.03. The van der Waals surface area contributed by atoms with Crippen LogP contribution in [0, 0.1) is 5.82 Å². The quantitative estimate of drug-likeness (QED) is 0.784. The summed E-state index contributed by atoms with van der Waals surface area (Å²) < 4.78 is 25.6. The average Bonchev–Trinajstić information content (AvgIpc) is 3.36. The lowest BCUT2D eigenvalue weighted by atomic mass is 9.89. The van der Waals surface area contributed by atoms with E-state index in [1.807, 2.05) is 12.1 Å². The van der Waals surface area contributed by atoms with Crippen molar-refractivity contribution >= 4 is 17.7 Å². The molecule has 0 saturated carbocycles. The van der Waals surface area contributed by atoms with E-state index in [1.54, 1.807) is 18.4 Å². The smallest absolute Gasteiger partial charge is 0.414 e. The summed E-state index contributed by atoms with van der Waals surface area (Å²) >= 11 is 0. The Morgan fingerprint density at radius 1 is 1.27 bits per heavy atom. The van der Waals surface area contributed by atoms with Crippen LogP contribution in [0.3, 0.4) is 0 Å². The van der Waals surface area contributed by atoms with E-state index < -0.39 is 12.2 Å². The van der Waals surface area contributed by atoms with Crippen molar-refractivity contribution in [1.29, 1.82) is 0 Å². The van der Waals surface area contributed by atoms with Gasteiger partial charge in [0.25, 0.3) is 0 Å². The number of nitrogens with one attached hydrogen (secondary N) is 1. The molecule has 1 aromatic carbocycles. The number of hydrogen-bond acceptors (Lipinski definition) is 5. The molecule has 2 amide bonds. The van der Waals surface area contributed by atoms with Crippen molar-refractivity contribution < 1.29 is 23.1 Å². The fraction of sp³-hybridized carbons (Fsp3) is 0.455. The third kappa shape index (κ3) is 4.64. The number of amides is 2. The van der Waals surface area contributed by atoms with Crippen molar-refractivity contribution in [3.63, 3.8) is 0 Å². The fourth-order valence-electron chi connectivity index (χ4n) is 4.14. The zero-order chi connectivity index (χ0) is 21.1. The molecule has 1 aromatic heterocycles. The molecule has 2 aliphatic heterocycles. The molecule has 2 aromatic rings. The number of carbonyl (C=O) groups excluding carboxylic acids is 2. The Morgan fingerprint density at radius 2 is 2.07 bits per heavy atom. The highest BCUT2D eigenvalue weighted by Gasteiger charge is 2.33. The van der Waals surface area contributed by atoms with Crippen LogP contribution >= 0.6 is 0 Å². The maximum atomic E-state index is 14.9. The second-order valence-corrected chi connectivity index (χ2v) is 7.89. The maximum absolute atomic E-state index is 14.9. The first-order chi connectivity index (χ1) is 14.5. The molecule has 2 saturated heterocycles. The van der Waals surface area contributed by atoms with Crippen molar-refractivity contribution in [2.75, 3.05) is 31.1 Å². The van der Waals surface area contributed by atoms with E-state index in [2.05, 4.69) is 10.2 Å². The molecule has 30 heavy (non-hydrogen) atoms. The predicted molar refractivity (Wildman–Crippen MR) is 109 cm³/mol. The van der Waals surface area contributed by atoms with E-state index in [4.69, 9.17) is 9.15 Å². The molecule has 0 unspecified atom stereocenters. The number of hydrogen-bond donors (Lipinski definition) is 1. The Hall–Kier alpha value is -2.87. The molecule has 0 bridgehead atoms. The molecule has 4 rings (SSSR count). The summed E-state index contributed by atoms with van der Waals surface area (Å²) in [4.78, 5) is 26.9. The van der Waals surface area contributed by atoms with Crippen LogP contribution in [0.1, 0.15) is 37.0 Å². The first-order valence-corrected chi connectivity index (χ1v) is 10.3. The zero-order valence-corrected chi connectivity index (χ0v) is 17.0. The molecule has 3 heterocycles. The van der Waals surface area contributed by atoms with Gasteiger partial charge in [0.15, 0.2) is 0 Å². The molecule has 8 heteroatoms. The average molecular weight is 415 g/mol. The van der Waals surface area contributed by atoms with Gasteiger partial charge in [-0.1, -0.05) is 6.07 Å². The third-order valence-electron chi connectivity index (χ3n) is 5.74. The van der Waals surface area contributed by atoms with Gasteiger partial charge in [0.05, 0.1) is 31.6 Å². The number of anilines is 1. The minimum atomic E-state index is -0.524. The van der Waals surface area contributed by atoms with Crippen LogP contribution in [0.15, 0.2) is 41.0 Å². The maximum Gasteiger partial charge on any atom is 0.414 e. The van der Waals surface area contributed by atoms with Crippen LogP contribution < -0.4 is 10.2 Å². The molecule has 0 radical (unpaired) electrons. The molecule has 2 fully saturated rings. The first kappa shape index (κ1) is 20.4. The summed E-state index contributed by atoms with van der Waals surface area (Å²) in [5.74, 6) is 0.619. The standard InChI is InChI=1S/C22H26FN3O4/c1-15(27)24-12-19-14-26(22(28)30-19)17-4-5-20(21(23)11-17)16-6-8-25(9-7-16)13-18-3-2-10-29-18/h2-5,10-11,16,19H,6-9,12-14H2,1H3,(H,24,27)/t19-/m0/s1. The normalized spacial score (nSPS) is 20.4. The molecular weight excluding hydrogens is 389 g/mol. The van der Waals surface area contributed by atoms with Crippen LogP contribution in [0.2, 0.25) is 0 Å². The van der Waals surface area contributed by atoms with Crippen molar-refractivity contribution in [2.24, 2.45) is 0 Å². The van der Waals surface area contributed by atoms with Gasteiger partial charge in [-0.25, -0.2) is 9.18 Å². The number of carbonyl (C=O) groups is 2. The Morgan fingerprint density at radius 3 is 2.73 bits per heavy atom. The van der Waals surface area contributed by atoms with Gasteiger partial charge in [-0.2, -0.15) is 0 Å².